The first-order chi connectivity index (χ1) is 9.24. The molecule has 4 heteroatoms. The molecular weight excluding hydrogens is 258 g/mol. The Hall–Kier alpha value is -2.13. The molecule has 0 N–H and O–H groups in total. The van der Waals surface area contributed by atoms with Crippen LogP contribution in [0.25, 0.3) is 17.1 Å². The van der Waals surface area contributed by atoms with E-state index in [1.54, 1.807) is 11.0 Å². The molecule has 0 unspecified atom stereocenters. The molecule has 0 fully saturated rings. The van der Waals surface area contributed by atoms with E-state index in [0.29, 0.717) is 5.02 Å². The van der Waals surface area contributed by atoms with Gasteiger partial charge < -0.3 is 0 Å². The van der Waals surface area contributed by atoms with Crippen molar-refractivity contribution in [3.05, 3.63) is 65.4 Å². The van der Waals surface area contributed by atoms with Gasteiger partial charge in [0, 0.05) is 10.6 Å². The number of nitrogens with zero attached hydrogens (tertiary/aromatic N) is 3. The number of hydrogen-bond donors (Lipinski definition) is 0. The van der Waals surface area contributed by atoms with Crippen LogP contribution in [0, 0.1) is 6.92 Å². The zero-order chi connectivity index (χ0) is 13.2. The highest BCUT2D eigenvalue weighted by atomic mass is 35.5. The van der Waals surface area contributed by atoms with Gasteiger partial charge in [-0.1, -0.05) is 35.9 Å². The quantitative estimate of drug-likeness (QED) is 0.706. The molecule has 1 aromatic heterocycles. The second kappa shape index (κ2) is 4.86. The maximum atomic E-state index is 5.88. The van der Waals surface area contributed by atoms with E-state index in [9.17, 15) is 0 Å². The molecule has 2 aromatic carbocycles. The van der Waals surface area contributed by atoms with E-state index in [1.807, 2.05) is 42.5 Å². The summed E-state index contributed by atoms with van der Waals surface area (Å²) < 4.78 is 1.75. The zero-order valence-corrected chi connectivity index (χ0v) is 11.2. The van der Waals surface area contributed by atoms with Crippen LogP contribution in [0.2, 0.25) is 5.02 Å². The summed E-state index contributed by atoms with van der Waals surface area (Å²) in [6, 6.07) is 15.6. The summed E-state index contributed by atoms with van der Waals surface area (Å²) in [4.78, 5) is 4.36. The van der Waals surface area contributed by atoms with Crippen molar-refractivity contribution in [3.63, 3.8) is 0 Å². The van der Waals surface area contributed by atoms with E-state index in [4.69, 9.17) is 11.6 Å². The molecule has 0 aliphatic heterocycles. The molecule has 0 aliphatic rings. The second-order valence-corrected chi connectivity index (χ2v) is 4.74. The van der Waals surface area contributed by atoms with Gasteiger partial charge in [-0.2, -0.15) is 0 Å². The molecule has 0 aliphatic carbocycles. The van der Waals surface area contributed by atoms with Crippen LogP contribution in [-0.4, -0.2) is 14.8 Å². The first kappa shape index (κ1) is 11.9. The third kappa shape index (κ3) is 2.37. The number of aryl methyl sites for hydroxylation is 1. The molecule has 3 nitrogen and oxygen atoms in total. The normalized spacial score (nSPS) is 10.6. The molecular formula is C15H12ClN3. The van der Waals surface area contributed by atoms with Gasteiger partial charge in [0.2, 0.25) is 0 Å². The minimum atomic E-state index is 0.711. The minimum Gasteiger partial charge on any atom is -0.220 e. The lowest BCUT2D eigenvalue weighted by atomic mass is 10.1. The highest BCUT2D eigenvalue weighted by Gasteiger charge is 2.07. The van der Waals surface area contributed by atoms with Gasteiger partial charge in [-0.15, -0.1) is 5.10 Å². The van der Waals surface area contributed by atoms with Crippen LogP contribution >= 0.6 is 11.6 Å². The Balaban J connectivity index is 2.00. The topological polar surface area (TPSA) is 30.7 Å². The molecule has 94 valence electrons. The highest BCUT2D eigenvalue weighted by Crippen LogP contribution is 2.20. The molecule has 0 radical (unpaired) electrons. The van der Waals surface area contributed by atoms with Gasteiger partial charge in [0.15, 0.2) is 5.82 Å². The molecule has 19 heavy (non-hydrogen) atoms. The Morgan fingerprint density at radius 1 is 1.00 bits per heavy atom. The second-order valence-electron chi connectivity index (χ2n) is 4.30. The van der Waals surface area contributed by atoms with Gasteiger partial charge in [0.1, 0.15) is 6.33 Å². The fourth-order valence-electron chi connectivity index (χ4n) is 1.93. The lowest BCUT2D eigenvalue weighted by molar-refractivity contribution is 0.882. The smallest absolute Gasteiger partial charge is 0.181 e. The van der Waals surface area contributed by atoms with Crippen molar-refractivity contribution in [1.29, 1.82) is 0 Å². The SMILES string of the molecule is Cc1ccccc1-c1ncn(-c2ccc(Cl)cc2)n1. The van der Waals surface area contributed by atoms with Gasteiger partial charge in [0.05, 0.1) is 5.69 Å². The summed E-state index contributed by atoms with van der Waals surface area (Å²) >= 11 is 5.88. The van der Waals surface area contributed by atoms with Gasteiger partial charge in [-0.25, -0.2) is 9.67 Å². The Kier molecular flexibility index (Phi) is 3.05. The number of halogens is 1. The number of aromatic nitrogens is 3. The standard InChI is InChI=1S/C15H12ClN3/c1-11-4-2-3-5-14(11)15-17-10-19(18-15)13-8-6-12(16)7-9-13/h2-10H,1H3. The maximum absolute atomic E-state index is 5.88. The van der Waals surface area contributed by atoms with E-state index in [-0.39, 0.29) is 0 Å². The van der Waals surface area contributed by atoms with Crippen LogP contribution in [-0.2, 0) is 0 Å². The largest absolute Gasteiger partial charge is 0.220 e. The minimum absolute atomic E-state index is 0.711. The number of rotatable bonds is 2. The van der Waals surface area contributed by atoms with Crippen molar-refractivity contribution in [2.45, 2.75) is 6.92 Å². The summed E-state index contributed by atoms with van der Waals surface area (Å²) in [6.07, 6.45) is 1.71. The average molecular weight is 270 g/mol. The molecule has 0 atom stereocenters. The van der Waals surface area contributed by atoms with Crippen LogP contribution in [0.4, 0.5) is 0 Å². The van der Waals surface area contributed by atoms with Crippen molar-refractivity contribution in [1.82, 2.24) is 14.8 Å². The van der Waals surface area contributed by atoms with Crippen LogP contribution in [0.1, 0.15) is 5.56 Å². The molecule has 0 spiro atoms. The Labute approximate surface area is 116 Å². The van der Waals surface area contributed by atoms with Gasteiger partial charge in [-0.3, -0.25) is 0 Å². The molecule has 0 bridgehead atoms. The summed E-state index contributed by atoms with van der Waals surface area (Å²) in [5.74, 6) is 0.730. The Bertz CT molecular complexity index is 701. The van der Waals surface area contributed by atoms with Crippen molar-refractivity contribution in [3.8, 4) is 17.1 Å². The fourth-order valence-corrected chi connectivity index (χ4v) is 2.05. The van der Waals surface area contributed by atoms with E-state index in [1.165, 1.54) is 0 Å². The molecule has 0 saturated heterocycles. The van der Waals surface area contributed by atoms with E-state index in [0.717, 1.165) is 22.6 Å². The lowest BCUT2D eigenvalue weighted by Gasteiger charge is -2.01. The van der Waals surface area contributed by atoms with Crippen molar-refractivity contribution in [2.75, 3.05) is 0 Å². The molecule has 1 heterocycles. The van der Waals surface area contributed by atoms with Gasteiger partial charge in [0.25, 0.3) is 0 Å². The number of benzene rings is 2. The van der Waals surface area contributed by atoms with Crippen molar-refractivity contribution >= 4 is 11.6 Å². The summed E-state index contributed by atoms with van der Waals surface area (Å²) in [5.41, 5.74) is 3.16. The third-order valence-corrected chi connectivity index (χ3v) is 3.22. The maximum Gasteiger partial charge on any atom is 0.181 e. The first-order valence-corrected chi connectivity index (χ1v) is 6.35. The van der Waals surface area contributed by atoms with Gasteiger partial charge in [-0.05, 0) is 36.8 Å². The molecule has 3 rings (SSSR count). The first-order valence-electron chi connectivity index (χ1n) is 5.97. The summed E-state index contributed by atoms with van der Waals surface area (Å²) in [7, 11) is 0. The van der Waals surface area contributed by atoms with Crippen molar-refractivity contribution < 1.29 is 0 Å². The number of hydrogen-bond acceptors (Lipinski definition) is 2. The average Bonchev–Trinajstić information content (AvgIpc) is 2.89. The molecule has 0 saturated carbocycles. The monoisotopic (exact) mass is 269 g/mol. The third-order valence-electron chi connectivity index (χ3n) is 2.97. The lowest BCUT2D eigenvalue weighted by Crippen LogP contribution is -1.94. The highest BCUT2D eigenvalue weighted by molar-refractivity contribution is 6.30. The van der Waals surface area contributed by atoms with Crippen LogP contribution < -0.4 is 0 Å². The van der Waals surface area contributed by atoms with E-state index >= 15 is 0 Å². The Morgan fingerprint density at radius 2 is 1.74 bits per heavy atom. The van der Waals surface area contributed by atoms with Crippen LogP contribution in [0.3, 0.4) is 0 Å². The summed E-state index contributed by atoms with van der Waals surface area (Å²) in [5, 5.41) is 5.21. The summed E-state index contributed by atoms with van der Waals surface area (Å²) in [6.45, 7) is 2.05. The molecule has 3 aromatic rings. The molecule has 0 amide bonds. The zero-order valence-electron chi connectivity index (χ0n) is 10.4. The predicted molar refractivity (Wildman–Crippen MR) is 76.5 cm³/mol. The van der Waals surface area contributed by atoms with E-state index in [2.05, 4.69) is 23.1 Å². The van der Waals surface area contributed by atoms with Crippen LogP contribution in [0.5, 0.6) is 0 Å². The predicted octanol–water partition coefficient (Wildman–Crippen LogP) is 3.90. The Morgan fingerprint density at radius 3 is 2.47 bits per heavy atom. The fraction of sp³-hybridized carbons (Fsp3) is 0.0667. The van der Waals surface area contributed by atoms with Gasteiger partial charge >= 0.3 is 0 Å². The van der Waals surface area contributed by atoms with E-state index < -0.39 is 0 Å². The van der Waals surface area contributed by atoms with Crippen LogP contribution in [0.15, 0.2) is 54.9 Å². The van der Waals surface area contributed by atoms with Crippen molar-refractivity contribution in [2.24, 2.45) is 0 Å².